The van der Waals surface area contributed by atoms with Crippen molar-refractivity contribution in [3.05, 3.63) is 88.7 Å². The van der Waals surface area contributed by atoms with Gasteiger partial charge in [0.05, 0.1) is 18.9 Å². The summed E-state index contributed by atoms with van der Waals surface area (Å²) in [6.45, 7) is 4.73. The van der Waals surface area contributed by atoms with Gasteiger partial charge in [-0.3, -0.25) is 4.98 Å². The fourth-order valence-electron chi connectivity index (χ4n) is 3.62. The van der Waals surface area contributed by atoms with Gasteiger partial charge in [-0.25, -0.2) is 0 Å². The van der Waals surface area contributed by atoms with Crippen molar-refractivity contribution in [2.45, 2.75) is 26.1 Å². The van der Waals surface area contributed by atoms with E-state index in [9.17, 15) is 5.11 Å². The van der Waals surface area contributed by atoms with Crippen LogP contribution in [0.25, 0.3) is 0 Å². The van der Waals surface area contributed by atoms with Gasteiger partial charge >= 0.3 is 0 Å². The van der Waals surface area contributed by atoms with Crippen molar-refractivity contribution in [2.75, 3.05) is 6.61 Å². The molecule has 4 heteroatoms. The number of benzene rings is 2. The van der Waals surface area contributed by atoms with Crippen LogP contribution >= 0.6 is 0 Å². The van der Waals surface area contributed by atoms with Crippen molar-refractivity contribution in [3.63, 3.8) is 0 Å². The largest absolute Gasteiger partial charge is 0.506 e. The van der Waals surface area contributed by atoms with Crippen molar-refractivity contribution in [3.8, 4) is 11.5 Å². The predicted octanol–water partition coefficient (Wildman–Crippen LogP) is 4.32. The molecule has 0 fully saturated rings. The molecule has 26 heavy (non-hydrogen) atoms. The molecule has 4 nitrogen and oxygen atoms in total. The lowest BCUT2D eigenvalue weighted by molar-refractivity contribution is 0.0263. The lowest BCUT2D eigenvalue weighted by atomic mass is 9.80. The summed E-state index contributed by atoms with van der Waals surface area (Å²) in [6, 6.07) is 18.0. The highest BCUT2D eigenvalue weighted by atomic mass is 16.5. The molecule has 3 aromatic rings. The smallest absolute Gasteiger partial charge is 0.146 e. The highest BCUT2D eigenvalue weighted by Gasteiger charge is 2.45. The molecule has 1 unspecified atom stereocenters. The van der Waals surface area contributed by atoms with Crippen LogP contribution in [0, 0.1) is 6.92 Å². The Morgan fingerprint density at radius 2 is 1.77 bits per heavy atom. The van der Waals surface area contributed by atoms with Crippen LogP contribution in [0.4, 0.5) is 0 Å². The van der Waals surface area contributed by atoms with Gasteiger partial charge in [0.2, 0.25) is 0 Å². The molecule has 2 heterocycles. The predicted molar refractivity (Wildman–Crippen MR) is 99.4 cm³/mol. The number of hydrogen-bond acceptors (Lipinski definition) is 4. The standard InChI is InChI=1S/C22H21NO3/c1-3-25-18-11-9-17(10-12-18)22(16-7-5-4-6-8-16)20-13-23-15(2)21(24)19(20)14-26-22/h4-13,24H,3,14H2,1-2H3. The average Bonchev–Trinajstić information content (AvgIpc) is 3.07. The third-order valence-corrected chi connectivity index (χ3v) is 4.91. The highest BCUT2D eigenvalue weighted by molar-refractivity contribution is 5.56. The van der Waals surface area contributed by atoms with Crippen LogP contribution in [0.5, 0.6) is 11.5 Å². The Morgan fingerprint density at radius 3 is 2.46 bits per heavy atom. The number of fused-ring (bicyclic) bond motifs is 1. The van der Waals surface area contributed by atoms with E-state index in [2.05, 4.69) is 4.98 Å². The van der Waals surface area contributed by atoms with Crippen LogP contribution < -0.4 is 4.74 Å². The number of aromatic hydroxyl groups is 1. The zero-order chi connectivity index (χ0) is 18.1. The summed E-state index contributed by atoms with van der Waals surface area (Å²) in [5.74, 6) is 1.04. The van der Waals surface area contributed by atoms with Gasteiger partial charge in [0, 0.05) is 17.3 Å². The summed E-state index contributed by atoms with van der Waals surface area (Å²) in [6.07, 6.45) is 1.82. The third kappa shape index (κ3) is 2.45. The van der Waals surface area contributed by atoms with Crippen molar-refractivity contribution < 1.29 is 14.6 Å². The number of ether oxygens (including phenoxy) is 2. The zero-order valence-corrected chi connectivity index (χ0v) is 14.9. The Labute approximate surface area is 153 Å². The van der Waals surface area contributed by atoms with Crippen LogP contribution in [0.3, 0.4) is 0 Å². The van der Waals surface area contributed by atoms with Crippen molar-refractivity contribution in [1.82, 2.24) is 4.98 Å². The Morgan fingerprint density at radius 1 is 1.08 bits per heavy atom. The molecule has 4 rings (SSSR count). The first kappa shape index (κ1) is 16.6. The number of pyridine rings is 1. The summed E-state index contributed by atoms with van der Waals surface area (Å²) in [5.41, 5.74) is 3.50. The van der Waals surface area contributed by atoms with Crippen molar-refractivity contribution in [2.24, 2.45) is 0 Å². The van der Waals surface area contributed by atoms with Crippen LogP contribution in [-0.2, 0) is 16.9 Å². The van der Waals surface area contributed by atoms with Crippen LogP contribution in [0.1, 0.15) is 34.9 Å². The number of nitrogens with zero attached hydrogens (tertiary/aromatic N) is 1. The number of aromatic nitrogens is 1. The van der Waals surface area contributed by atoms with Gasteiger partial charge < -0.3 is 14.6 Å². The molecular formula is C22H21NO3. The Hall–Kier alpha value is -2.85. The lowest BCUT2D eigenvalue weighted by Gasteiger charge is -2.31. The number of rotatable bonds is 4. The van der Waals surface area contributed by atoms with E-state index in [4.69, 9.17) is 9.47 Å². The second-order valence-electron chi connectivity index (χ2n) is 6.38. The van der Waals surface area contributed by atoms with E-state index in [1.165, 1.54) is 0 Å². The molecule has 1 atom stereocenters. The first-order chi connectivity index (χ1) is 12.7. The molecule has 2 aromatic carbocycles. The second-order valence-corrected chi connectivity index (χ2v) is 6.38. The van der Waals surface area contributed by atoms with Gasteiger partial charge in [0.15, 0.2) is 0 Å². The Balaban J connectivity index is 1.93. The van der Waals surface area contributed by atoms with Gasteiger partial charge in [0.25, 0.3) is 0 Å². The Bertz CT molecular complexity index is 922. The van der Waals surface area contributed by atoms with Crippen molar-refractivity contribution in [1.29, 1.82) is 0 Å². The molecule has 1 aromatic heterocycles. The summed E-state index contributed by atoms with van der Waals surface area (Å²) in [4.78, 5) is 4.39. The summed E-state index contributed by atoms with van der Waals surface area (Å²) >= 11 is 0. The maximum absolute atomic E-state index is 10.5. The van der Waals surface area contributed by atoms with Crippen LogP contribution in [0.15, 0.2) is 60.8 Å². The van der Waals surface area contributed by atoms with E-state index >= 15 is 0 Å². The van der Waals surface area contributed by atoms with Gasteiger partial charge in [-0.05, 0) is 37.1 Å². The molecule has 1 aliphatic heterocycles. The maximum Gasteiger partial charge on any atom is 0.146 e. The summed E-state index contributed by atoms with van der Waals surface area (Å²) in [5, 5.41) is 10.5. The van der Waals surface area contributed by atoms with Gasteiger partial charge in [0.1, 0.15) is 17.1 Å². The minimum absolute atomic E-state index is 0.214. The third-order valence-electron chi connectivity index (χ3n) is 4.91. The molecule has 0 saturated carbocycles. The fraction of sp³-hybridized carbons (Fsp3) is 0.227. The van der Waals surface area contributed by atoms with E-state index in [1.807, 2.05) is 67.7 Å². The highest BCUT2D eigenvalue weighted by Crippen LogP contribution is 2.49. The van der Waals surface area contributed by atoms with Crippen LogP contribution in [-0.4, -0.2) is 16.7 Å². The Kier molecular flexibility index (Phi) is 4.13. The van der Waals surface area contributed by atoms with Gasteiger partial charge in [-0.15, -0.1) is 0 Å². The monoisotopic (exact) mass is 347 g/mol. The van der Waals surface area contributed by atoms with Gasteiger partial charge in [-0.2, -0.15) is 0 Å². The summed E-state index contributed by atoms with van der Waals surface area (Å²) in [7, 11) is 0. The van der Waals surface area contributed by atoms with E-state index < -0.39 is 5.60 Å². The summed E-state index contributed by atoms with van der Waals surface area (Å²) < 4.78 is 12.0. The molecule has 1 aliphatic rings. The molecule has 0 saturated heterocycles. The van der Waals surface area contributed by atoms with Crippen molar-refractivity contribution >= 4 is 0 Å². The van der Waals surface area contributed by atoms with E-state index in [-0.39, 0.29) is 5.75 Å². The van der Waals surface area contributed by atoms with Gasteiger partial charge in [-0.1, -0.05) is 42.5 Å². The molecule has 0 aliphatic carbocycles. The second kappa shape index (κ2) is 6.46. The zero-order valence-electron chi connectivity index (χ0n) is 14.9. The molecular weight excluding hydrogens is 326 g/mol. The number of aryl methyl sites for hydroxylation is 1. The van der Waals surface area contributed by atoms with E-state index in [0.717, 1.165) is 28.0 Å². The normalized spacial score (nSPS) is 18.5. The maximum atomic E-state index is 10.5. The molecule has 0 amide bonds. The lowest BCUT2D eigenvalue weighted by Crippen LogP contribution is -2.28. The van der Waals surface area contributed by atoms with E-state index in [1.54, 1.807) is 6.92 Å². The minimum Gasteiger partial charge on any atom is -0.506 e. The molecule has 1 N–H and O–H groups in total. The average molecular weight is 347 g/mol. The first-order valence-electron chi connectivity index (χ1n) is 8.77. The molecule has 132 valence electrons. The first-order valence-corrected chi connectivity index (χ1v) is 8.77. The fourth-order valence-corrected chi connectivity index (χ4v) is 3.62. The number of hydrogen-bond donors (Lipinski definition) is 1. The molecule has 0 bridgehead atoms. The van der Waals surface area contributed by atoms with E-state index in [0.29, 0.717) is 18.9 Å². The van der Waals surface area contributed by atoms with Crippen LogP contribution in [0.2, 0.25) is 0 Å². The molecule has 0 spiro atoms. The molecule has 0 radical (unpaired) electrons. The quantitative estimate of drug-likeness (QED) is 0.764. The SMILES string of the molecule is CCOc1ccc(C2(c3ccccc3)OCc3c2cnc(C)c3O)cc1. The topological polar surface area (TPSA) is 51.6 Å². The minimum atomic E-state index is -0.792.